The Morgan fingerprint density at radius 3 is 2.59 bits per heavy atom. The quantitative estimate of drug-likeness (QED) is 0.897. The van der Waals surface area contributed by atoms with Crippen molar-refractivity contribution in [3.8, 4) is 0 Å². The molecule has 1 saturated heterocycles. The van der Waals surface area contributed by atoms with Crippen LogP contribution < -0.4 is 10.6 Å². The first kappa shape index (κ1) is 18.5. The maximum absolute atomic E-state index is 12.6. The van der Waals surface area contributed by atoms with Crippen LogP contribution in [0.1, 0.15) is 26.7 Å². The molecule has 0 aliphatic carbocycles. The van der Waals surface area contributed by atoms with E-state index in [9.17, 15) is 9.59 Å². The monoisotopic (exact) mass is 325 g/mol. The lowest BCUT2D eigenvalue weighted by Crippen LogP contribution is -2.46. The molecule has 0 spiro atoms. The molecule has 1 aromatic rings. The third-order valence-corrected chi connectivity index (χ3v) is 3.78. The van der Waals surface area contributed by atoms with E-state index < -0.39 is 0 Å². The zero-order valence-corrected chi connectivity index (χ0v) is 13.9. The molecule has 2 amide bonds. The third-order valence-electron chi connectivity index (χ3n) is 3.78. The molecule has 1 fully saturated rings. The van der Waals surface area contributed by atoms with Gasteiger partial charge in [0, 0.05) is 31.2 Å². The Balaban J connectivity index is 0.00000242. The Hall–Kier alpha value is -1.59. The Kier molecular flexibility index (Phi) is 6.84. The Morgan fingerprint density at radius 1 is 1.41 bits per heavy atom. The van der Waals surface area contributed by atoms with Crippen molar-refractivity contribution in [2.24, 2.45) is 5.73 Å². The number of carbonyl (C=O) groups excluding carboxylic acids is 2. The van der Waals surface area contributed by atoms with Gasteiger partial charge in [0.25, 0.3) is 0 Å². The molecular weight excluding hydrogens is 302 g/mol. The Labute approximate surface area is 137 Å². The van der Waals surface area contributed by atoms with Gasteiger partial charge < -0.3 is 15.5 Å². The van der Waals surface area contributed by atoms with Crippen molar-refractivity contribution in [2.75, 3.05) is 18.0 Å². The van der Waals surface area contributed by atoms with E-state index in [0.717, 1.165) is 5.69 Å². The SMILES string of the molecule is CCN(C(=O)CC(C)N)C1CCN(c2ccccc2)C1=O.Cl. The van der Waals surface area contributed by atoms with Crippen LogP contribution in [-0.4, -0.2) is 41.9 Å². The molecule has 0 aromatic heterocycles. The van der Waals surface area contributed by atoms with Crippen LogP contribution in [0.2, 0.25) is 0 Å². The number of rotatable bonds is 5. The Bertz CT molecular complexity index is 507. The second-order valence-corrected chi connectivity index (χ2v) is 5.49. The van der Waals surface area contributed by atoms with Crippen molar-refractivity contribution in [3.63, 3.8) is 0 Å². The number of carbonyl (C=O) groups is 2. The van der Waals surface area contributed by atoms with Gasteiger partial charge in [0.1, 0.15) is 6.04 Å². The smallest absolute Gasteiger partial charge is 0.249 e. The predicted molar refractivity (Wildman–Crippen MR) is 90.1 cm³/mol. The highest BCUT2D eigenvalue weighted by Crippen LogP contribution is 2.24. The highest BCUT2D eigenvalue weighted by atomic mass is 35.5. The molecule has 2 unspecified atom stereocenters. The van der Waals surface area contributed by atoms with Gasteiger partial charge >= 0.3 is 0 Å². The summed E-state index contributed by atoms with van der Waals surface area (Å²) in [5, 5.41) is 0. The molecule has 2 N–H and O–H groups in total. The number of likely N-dealkylation sites (N-methyl/N-ethyl adjacent to an activating group) is 1. The van der Waals surface area contributed by atoms with E-state index in [1.165, 1.54) is 0 Å². The molecule has 1 aromatic carbocycles. The number of hydrogen-bond acceptors (Lipinski definition) is 3. The van der Waals surface area contributed by atoms with E-state index in [-0.39, 0.29) is 42.7 Å². The summed E-state index contributed by atoms with van der Waals surface area (Å²) in [5.41, 5.74) is 6.58. The molecule has 6 heteroatoms. The molecule has 1 aliphatic rings. The maximum atomic E-state index is 12.6. The fraction of sp³-hybridized carbons (Fsp3) is 0.500. The lowest BCUT2D eigenvalue weighted by Gasteiger charge is -2.27. The zero-order valence-electron chi connectivity index (χ0n) is 13.1. The summed E-state index contributed by atoms with van der Waals surface area (Å²) < 4.78 is 0. The first-order valence-electron chi connectivity index (χ1n) is 7.46. The molecule has 1 heterocycles. The molecule has 22 heavy (non-hydrogen) atoms. The largest absolute Gasteiger partial charge is 0.331 e. The van der Waals surface area contributed by atoms with Gasteiger partial charge in [-0.3, -0.25) is 9.59 Å². The highest BCUT2D eigenvalue weighted by molar-refractivity contribution is 6.01. The second-order valence-electron chi connectivity index (χ2n) is 5.49. The number of amides is 2. The van der Waals surface area contributed by atoms with Crippen LogP contribution in [0.15, 0.2) is 30.3 Å². The molecule has 5 nitrogen and oxygen atoms in total. The van der Waals surface area contributed by atoms with E-state index in [1.54, 1.807) is 16.7 Å². The van der Waals surface area contributed by atoms with Gasteiger partial charge in [0.15, 0.2) is 0 Å². The van der Waals surface area contributed by atoms with Crippen molar-refractivity contribution in [3.05, 3.63) is 30.3 Å². The molecule has 2 rings (SSSR count). The van der Waals surface area contributed by atoms with E-state index in [0.29, 0.717) is 19.5 Å². The fourth-order valence-electron chi connectivity index (χ4n) is 2.78. The van der Waals surface area contributed by atoms with E-state index in [4.69, 9.17) is 5.73 Å². The molecule has 0 radical (unpaired) electrons. The van der Waals surface area contributed by atoms with Crippen molar-refractivity contribution >= 4 is 29.9 Å². The van der Waals surface area contributed by atoms with Gasteiger partial charge in [-0.05, 0) is 32.4 Å². The second kappa shape index (κ2) is 8.15. The molecular formula is C16H24ClN3O2. The summed E-state index contributed by atoms with van der Waals surface area (Å²) in [6.45, 7) is 4.89. The predicted octanol–water partition coefficient (Wildman–Crippen LogP) is 1.80. The van der Waals surface area contributed by atoms with E-state index >= 15 is 0 Å². The van der Waals surface area contributed by atoms with Crippen LogP contribution >= 0.6 is 12.4 Å². The van der Waals surface area contributed by atoms with Gasteiger partial charge in [0.05, 0.1) is 0 Å². The van der Waals surface area contributed by atoms with Gasteiger partial charge in [-0.1, -0.05) is 18.2 Å². The standard InChI is InChI=1S/C16H23N3O2.ClH/c1-3-18(15(20)11-12(2)17)14-9-10-19(16(14)21)13-7-5-4-6-8-13;/h4-8,12,14H,3,9-11,17H2,1-2H3;1H. The van der Waals surface area contributed by atoms with E-state index in [1.807, 2.05) is 37.3 Å². The summed E-state index contributed by atoms with van der Waals surface area (Å²) >= 11 is 0. The normalized spacial score (nSPS) is 18.8. The minimum absolute atomic E-state index is 0. The summed E-state index contributed by atoms with van der Waals surface area (Å²) in [6, 6.07) is 9.03. The number of hydrogen-bond donors (Lipinski definition) is 1. The minimum atomic E-state index is -0.360. The van der Waals surface area contributed by atoms with Crippen molar-refractivity contribution in [1.82, 2.24) is 4.90 Å². The molecule has 1 aliphatic heterocycles. The van der Waals surface area contributed by atoms with Crippen LogP contribution in [-0.2, 0) is 9.59 Å². The fourth-order valence-corrected chi connectivity index (χ4v) is 2.78. The van der Waals surface area contributed by atoms with Gasteiger partial charge in [0.2, 0.25) is 11.8 Å². The Morgan fingerprint density at radius 2 is 2.05 bits per heavy atom. The minimum Gasteiger partial charge on any atom is -0.331 e. The number of para-hydroxylation sites is 1. The zero-order chi connectivity index (χ0) is 15.4. The number of nitrogens with two attached hydrogens (primary N) is 1. The lowest BCUT2D eigenvalue weighted by molar-refractivity contribution is -0.138. The van der Waals surface area contributed by atoms with Crippen molar-refractivity contribution < 1.29 is 9.59 Å². The maximum Gasteiger partial charge on any atom is 0.249 e. The summed E-state index contributed by atoms with van der Waals surface area (Å²) in [7, 11) is 0. The average molecular weight is 326 g/mol. The molecule has 122 valence electrons. The number of benzene rings is 1. The lowest BCUT2D eigenvalue weighted by atomic mass is 10.1. The van der Waals surface area contributed by atoms with Crippen LogP contribution in [0.3, 0.4) is 0 Å². The van der Waals surface area contributed by atoms with Gasteiger partial charge in [-0.25, -0.2) is 0 Å². The topological polar surface area (TPSA) is 66.6 Å². The highest BCUT2D eigenvalue weighted by Gasteiger charge is 2.38. The molecule has 2 atom stereocenters. The van der Waals surface area contributed by atoms with Crippen LogP contribution in [0.4, 0.5) is 5.69 Å². The summed E-state index contributed by atoms with van der Waals surface area (Å²) in [6.07, 6.45) is 0.954. The van der Waals surface area contributed by atoms with Crippen molar-refractivity contribution in [2.45, 2.75) is 38.8 Å². The first-order valence-corrected chi connectivity index (χ1v) is 7.46. The summed E-state index contributed by atoms with van der Waals surface area (Å²) in [4.78, 5) is 28.3. The molecule has 0 saturated carbocycles. The van der Waals surface area contributed by atoms with Gasteiger partial charge in [-0.15, -0.1) is 12.4 Å². The van der Waals surface area contributed by atoms with Crippen LogP contribution in [0.25, 0.3) is 0 Å². The molecule has 0 bridgehead atoms. The number of nitrogens with zero attached hydrogens (tertiary/aromatic N) is 2. The number of anilines is 1. The average Bonchev–Trinajstić information content (AvgIpc) is 2.82. The number of halogens is 1. The van der Waals surface area contributed by atoms with Crippen molar-refractivity contribution in [1.29, 1.82) is 0 Å². The van der Waals surface area contributed by atoms with E-state index in [2.05, 4.69) is 0 Å². The van der Waals surface area contributed by atoms with Crippen LogP contribution in [0, 0.1) is 0 Å². The summed E-state index contributed by atoms with van der Waals surface area (Å²) in [5.74, 6) is -0.0400. The first-order chi connectivity index (χ1) is 10.0. The van der Waals surface area contributed by atoms with Gasteiger partial charge in [-0.2, -0.15) is 0 Å². The third kappa shape index (κ3) is 3.99. The van der Waals surface area contributed by atoms with Crippen LogP contribution in [0.5, 0.6) is 0 Å².